The Hall–Kier alpha value is -4.88. The minimum Gasteiger partial charge on any atom is -0.326 e. The first-order chi connectivity index (χ1) is 19.7. The lowest BCUT2D eigenvalue weighted by Crippen LogP contribution is -2.20. The van der Waals surface area contributed by atoms with Gasteiger partial charge in [0.15, 0.2) is 11.9 Å². The molecular formula is C34H34N6S. The van der Waals surface area contributed by atoms with Gasteiger partial charge in [0, 0.05) is 32.5 Å². The summed E-state index contributed by atoms with van der Waals surface area (Å²) < 4.78 is 0. The van der Waals surface area contributed by atoms with Crippen molar-refractivity contribution in [2.75, 3.05) is 21.3 Å². The van der Waals surface area contributed by atoms with Crippen molar-refractivity contribution < 1.29 is 0 Å². The van der Waals surface area contributed by atoms with Crippen LogP contribution in [0.25, 0.3) is 20.9 Å². The van der Waals surface area contributed by atoms with Gasteiger partial charge in [-0.05, 0) is 111 Å². The number of hydrogen-bond acceptors (Lipinski definition) is 3. The smallest absolute Gasteiger partial charge is 0.197 e. The third kappa shape index (κ3) is 7.01. The number of guanidine groups is 2. The average Bonchev–Trinajstić information content (AvgIpc) is 3.41. The van der Waals surface area contributed by atoms with Gasteiger partial charge in [-0.2, -0.15) is 0 Å². The van der Waals surface area contributed by atoms with Crippen LogP contribution in [0.4, 0.5) is 22.7 Å². The summed E-state index contributed by atoms with van der Waals surface area (Å²) in [6.45, 7) is 8.29. The monoisotopic (exact) mass is 558 g/mol. The molecule has 0 atom stereocenters. The number of benzene rings is 4. The molecule has 4 aromatic carbocycles. The zero-order valence-corrected chi connectivity index (χ0v) is 24.5. The van der Waals surface area contributed by atoms with E-state index in [-0.39, 0.29) is 11.9 Å². The second-order valence-corrected chi connectivity index (χ2v) is 11.3. The second-order valence-electron chi connectivity index (χ2n) is 10.2. The topological polar surface area (TPSA) is 95.8 Å². The van der Waals surface area contributed by atoms with E-state index in [2.05, 4.69) is 71.5 Å². The van der Waals surface area contributed by atoms with Gasteiger partial charge >= 0.3 is 0 Å². The molecule has 0 bridgehead atoms. The number of anilines is 4. The largest absolute Gasteiger partial charge is 0.326 e. The van der Waals surface area contributed by atoms with Crippen LogP contribution in [-0.4, -0.2) is 11.9 Å². The quantitative estimate of drug-likeness (QED) is 0.0925. The lowest BCUT2D eigenvalue weighted by Gasteiger charge is -2.13. The fourth-order valence-corrected chi connectivity index (χ4v) is 5.76. The van der Waals surface area contributed by atoms with Gasteiger partial charge in [0.2, 0.25) is 0 Å². The Morgan fingerprint density at radius 3 is 1.17 bits per heavy atom. The molecule has 0 amide bonds. The van der Waals surface area contributed by atoms with Crippen molar-refractivity contribution in [2.24, 2.45) is 0 Å². The van der Waals surface area contributed by atoms with Crippen LogP contribution in [0.1, 0.15) is 22.3 Å². The van der Waals surface area contributed by atoms with E-state index in [0.29, 0.717) is 0 Å². The van der Waals surface area contributed by atoms with E-state index in [1.807, 2.05) is 74.5 Å². The predicted octanol–water partition coefficient (Wildman–Crippen LogP) is 9.23. The second kappa shape index (κ2) is 12.1. The molecule has 0 unspecified atom stereocenters. The molecule has 0 aliphatic heterocycles. The van der Waals surface area contributed by atoms with Gasteiger partial charge in [0.1, 0.15) is 0 Å². The predicted molar refractivity (Wildman–Crippen MR) is 177 cm³/mol. The first-order valence-electron chi connectivity index (χ1n) is 13.4. The van der Waals surface area contributed by atoms with Crippen molar-refractivity contribution in [3.8, 4) is 20.9 Å². The highest BCUT2D eigenvalue weighted by Crippen LogP contribution is 2.38. The standard InChI is InChI=1S/C34H34N6S/c1-21-5-9-25(10-6-21)37-33(35)39-27-13-15-29(23(3)19-27)31-17-18-32(41-31)30-16-14-28(20-24(30)4)40-34(36)38-26-11-7-22(2)8-12-26/h5-20H,1-4H3,(H3,35,37,39)(H3,36,38,40). The fourth-order valence-electron chi connectivity index (χ4n) is 4.58. The zero-order chi connectivity index (χ0) is 28.9. The van der Waals surface area contributed by atoms with E-state index >= 15 is 0 Å². The fraction of sp³-hybridized carbons (Fsp3) is 0.118. The van der Waals surface area contributed by atoms with E-state index in [0.717, 1.165) is 33.9 Å². The molecule has 0 saturated carbocycles. The third-order valence-electron chi connectivity index (χ3n) is 6.77. The highest BCUT2D eigenvalue weighted by molar-refractivity contribution is 7.18. The molecule has 0 radical (unpaired) electrons. The number of nitrogens with one attached hydrogen (secondary N) is 6. The van der Waals surface area contributed by atoms with E-state index in [9.17, 15) is 0 Å². The van der Waals surface area contributed by atoms with Crippen LogP contribution in [0, 0.1) is 38.5 Å². The molecule has 1 aromatic heterocycles. The summed E-state index contributed by atoms with van der Waals surface area (Å²) in [5, 5.41) is 29.1. The van der Waals surface area contributed by atoms with Crippen LogP contribution in [0.15, 0.2) is 97.1 Å². The number of rotatable bonds is 6. The van der Waals surface area contributed by atoms with E-state index < -0.39 is 0 Å². The Labute approximate surface area is 245 Å². The maximum Gasteiger partial charge on any atom is 0.197 e. The number of aryl methyl sites for hydroxylation is 4. The summed E-state index contributed by atoms with van der Waals surface area (Å²) in [6.07, 6.45) is 0. The van der Waals surface area contributed by atoms with Gasteiger partial charge in [0.05, 0.1) is 0 Å². The molecular weight excluding hydrogens is 524 g/mol. The normalized spacial score (nSPS) is 10.6. The molecule has 206 valence electrons. The summed E-state index contributed by atoms with van der Waals surface area (Å²) in [5.74, 6) is 0.461. The first kappa shape index (κ1) is 27.7. The van der Waals surface area contributed by atoms with E-state index in [4.69, 9.17) is 10.8 Å². The molecule has 0 aliphatic carbocycles. The van der Waals surface area contributed by atoms with Gasteiger partial charge in [-0.3, -0.25) is 10.8 Å². The van der Waals surface area contributed by atoms with Crippen molar-refractivity contribution in [3.63, 3.8) is 0 Å². The third-order valence-corrected chi connectivity index (χ3v) is 7.92. The minimum absolute atomic E-state index is 0.230. The highest BCUT2D eigenvalue weighted by atomic mass is 32.1. The maximum atomic E-state index is 8.29. The van der Waals surface area contributed by atoms with Crippen LogP contribution < -0.4 is 21.3 Å². The molecule has 1 heterocycles. The zero-order valence-electron chi connectivity index (χ0n) is 23.6. The van der Waals surface area contributed by atoms with Crippen molar-refractivity contribution in [2.45, 2.75) is 27.7 Å². The summed E-state index contributed by atoms with van der Waals surface area (Å²) in [6, 6.07) is 32.7. The van der Waals surface area contributed by atoms with E-state index in [1.54, 1.807) is 11.3 Å². The van der Waals surface area contributed by atoms with Gasteiger partial charge < -0.3 is 21.3 Å². The summed E-state index contributed by atoms with van der Waals surface area (Å²) in [4.78, 5) is 2.39. The number of thiophene rings is 1. The molecule has 5 aromatic rings. The van der Waals surface area contributed by atoms with Crippen LogP contribution in [-0.2, 0) is 0 Å². The Bertz CT molecular complexity index is 1580. The Morgan fingerprint density at radius 1 is 0.463 bits per heavy atom. The number of hydrogen-bond donors (Lipinski definition) is 6. The van der Waals surface area contributed by atoms with Gasteiger partial charge in [-0.25, -0.2) is 0 Å². The summed E-state index contributed by atoms with van der Waals surface area (Å²) in [7, 11) is 0. The van der Waals surface area contributed by atoms with Gasteiger partial charge in [0.25, 0.3) is 0 Å². The minimum atomic E-state index is 0.230. The molecule has 0 aliphatic rings. The maximum absolute atomic E-state index is 8.29. The van der Waals surface area contributed by atoms with Crippen molar-refractivity contribution in [1.29, 1.82) is 10.8 Å². The lowest BCUT2D eigenvalue weighted by molar-refractivity contribution is 1.40. The summed E-state index contributed by atoms with van der Waals surface area (Å²) in [5.41, 5.74) is 10.5. The first-order valence-corrected chi connectivity index (χ1v) is 14.3. The highest BCUT2D eigenvalue weighted by Gasteiger charge is 2.11. The molecule has 0 spiro atoms. The molecule has 6 nitrogen and oxygen atoms in total. The molecule has 0 saturated heterocycles. The van der Waals surface area contributed by atoms with Crippen LogP contribution >= 0.6 is 11.3 Å². The molecule has 7 heteroatoms. The Balaban J connectivity index is 1.23. The van der Waals surface area contributed by atoms with Gasteiger partial charge in [-0.15, -0.1) is 11.3 Å². The van der Waals surface area contributed by atoms with Crippen LogP contribution in [0.2, 0.25) is 0 Å². The summed E-state index contributed by atoms with van der Waals surface area (Å²) >= 11 is 1.76. The van der Waals surface area contributed by atoms with Crippen LogP contribution in [0.5, 0.6) is 0 Å². The molecule has 41 heavy (non-hydrogen) atoms. The van der Waals surface area contributed by atoms with Crippen molar-refractivity contribution in [3.05, 3.63) is 119 Å². The van der Waals surface area contributed by atoms with Crippen LogP contribution in [0.3, 0.4) is 0 Å². The molecule has 5 rings (SSSR count). The SMILES string of the molecule is Cc1ccc(NC(=N)Nc2ccc(-c3ccc(-c4ccc(NC(=N)Nc5ccc(C)cc5)cc4C)s3)c(C)c2)cc1. The molecule has 6 N–H and O–H groups in total. The lowest BCUT2D eigenvalue weighted by atomic mass is 10.1. The molecule has 0 fully saturated rings. The van der Waals surface area contributed by atoms with E-state index in [1.165, 1.54) is 32.0 Å². The Morgan fingerprint density at radius 2 is 0.805 bits per heavy atom. The Kier molecular flexibility index (Phi) is 8.17. The van der Waals surface area contributed by atoms with Crippen molar-refractivity contribution in [1.82, 2.24) is 0 Å². The average molecular weight is 559 g/mol. The van der Waals surface area contributed by atoms with Crippen molar-refractivity contribution >= 4 is 46.0 Å². The van der Waals surface area contributed by atoms with Gasteiger partial charge in [-0.1, -0.05) is 47.5 Å².